The molecule has 2 N–H and O–H groups in total. The average Bonchev–Trinajstić information content (AvgIpc) is 3.06. The highest BCUT2D eigenvalue weighted by Crippen LogP contribution is 2.25. The molecule has 0 aromatic carbocycles. The second kappa shape index (κ2) is 6.81. The van der Waals surface area contributed by atoms with E-state index in [1.54, 1.807) is 11.0 Å². The van der Waals surface area contributed by atoms with Crippen molar-refractivity contribution in [2.45, 2.75) is 29.1 Å². The molecule has 0 spiro atoms. The predicted octanol–water partition coefficient (Wildman–Crippen LogP) is 1.84. The Balaban J connectivity index is 1.47. The molecule has 1 saturated heterocycles. The molecule has 1 aliphatic heterocycles. The fourth-order valence-electron chi connectivity index (χ4n) is 2.84. The Morgan fingerprint density at radius 1 is 1.16 bits per heavy atom. The molecule has 1 aliphatic rings. The molecule has 3 aromatic heterocycles. The van der Waals surface area contributed by atoms with Gasteiger partial charge in [-0.2, -0.15) is 0 Å². The van der Waals surface area contributed by atoms with Crippen LogP contribution in [-0.4, -0.2) is 49.5 Å². The zero-order valence-corrected chi connectivity index (χ0v) is 14.4. The standard InChI is InChI=1S/C17H18N6OS/c18-12-6-9-22(10-7-12)16(24)14-4-5-15(21-20-14)25-17-19-11-13-3-1-2-8-23(13)17/h1-5,8,11-12H,6-7,9-10,18H2. The second-order valence-corrected chi connectivity index (χ2v) is 7.01. The Morgan fingerprint density at radius 2 is 2.00 bits per heavy atom. The van der Waals surface area contributed by atoms with Crippen LogP contribution in [0.25, 0.3) is 5.52 Å². The first kappa shape index (κ1) is 16.0. The number of nitrogens with two attached hydrogens (primary N) is 1. The Kier molecular flexibility index (Phi) is 4.37. The summed E-state index contributed by atoms with van der Waals surface area (Å²) in [5.41, 5.74) is 7.27. The van der Waals surface area contributed by atoms with E-state index in [9.17, 15) is 4.79 Å². The molecular formula is C17H18N6OS. The summed E-state index contributed by atoms with van der Waals surface area (Å²) in [6, 6.07) is 9.65. The van der Waals surface area contributed by atoms with Gasteiger partial charge in [0, 0.05) is 25.3 Å². The number of fused-ring (bicyclic) bond motifs is 1. The Bertz CT molecular complexity index is 886. The van der Waals surface area contributed by atoms with Crippen molar-refractivity contribution in [2.24, 2.45) is 5.73 Å². The normalized spacial score (nSPS) is 15.6. The summed E-state index contributed by atoms with van der Waals surface area (Å²) in [5, 5.41) is 9.80. The van der Waals surface area contributed by atoms with Gasteiger partial charge in [-0.05, 0) is 48.9 Å². The molecule has 128 valence electrons. The van der Waals surface area contributed by atoms with Crippen LogP contribution in [0.15, 0.2) is 52.9 Å². The molecule has 0 atom stereocenters. The number of hydrogen-bond acceptors (Lipinski definition) is 6. The third-order valence-corrected chi connectivity index (χ3v) is 5.20. The Hall–Kier alpha value is -2.45. The van der Waals surface area contributed by atoms with Gasteiger partial charge in [0.05, 0.1) is 11.7 Å². The quantitative estimate of drug-likeness (QED) is 0.772. The number of aromatic nitrogens is 4. The van der Waals surface area contributed by atoms with Gasteiger partial charge in [0.1, 0.15) is 5.03 Å². The lowest BCUT2D eigenvalue weighted by atomic mass is 10.1. The van der Waals surface area contributed by atoms with E-state index in [-0.39, 0.29) is 11.9 Å². The zero-order chi connectivity index (χ0) is 17.2. The first-order valence-electron chi connectivity index (χ1n) is 8.19. The number of carbonyl (C=O) groups is 1. The summed E-state index contributed by atoms with van der Waals surface area (Å²) in [7, 11) is 0. The first-order valence-corrected chi connectivity index (χ1v) is 9.01. The van der Waals surface area contributed by atoms with Gasteiger partial charge in [-0.25, -0.2) is 4.98 Å². The van der Waals surface area contributed by atoms with Crippen LogP contribution in [0.5, 0.6) is 0 Å². The molecule has 0 unspecified atom stereocenters. The fraction of sp³-hybridized carbons (Fsp3) is 0.294. The number of amides is 1. The van der Waals surface area contributed by atoms with Gasteiger partial charge in [-0.15, -0.1) is 10.2 Å². The number of rotatable bonds is 3. The Labute approximate surface area is 149 Å². The van der Waals surface area contributed by atoms with Crippen molar-refractivity contribution in [2.75, 3.05) is 13.1 Å². The monoisotopic (exact) mass is 354 g/mol. The number of carbonyl (C=O) groups excluding carboxylic acids is 1. The first-order chi connectivity index (χ1) is 12.2. The van der Waals surface area contributed by atoms with Gasteiger partial charge in [0.15, 0.2) is 10.9 Å². The molecular weight excluding hydrogens is 336 g/mol. The van der Waals surface area contributed by atoms with Crippen LogP contribution in [0.2, 0.25) is 0 Å². The summed E-state index contributed by atoms with van der Waals surface area (Å²) < 4.78 is 1.99. The molecule has 1 fully saturated rings. The van der Waals surface area contributed by atoms with Gasteiger partial charge < -0.3 is 10.6 Å². The molecule has 3 aromatic rings. The largest absolute Gasteiger partial charge is 0.337 e. The maximum absolute atomic E-state index is 12.5. The van der Waals surface area contributed by atoms with E-state index >= 15 is 0 Å². The molecule has 0 radical (unpaired) electrons. The molecule has 0 bridgehead atoms. The summed E-state index contributed by atoms with van der Waals surface area (Å²) in [4.78, 5) is 18.7. The fourth-order valence-corrected chi connectivity index (χ4v) is 3.62. The third-order valence-electron chi connectivity index (χ3n) is 4.29. The van der Waals surface area contributed by atoms with E-state index in [4.69, 9.17) is 5.73 Å². The number of nitrogens with zero attached hydrogens (tertiary/aromatic N) is 5. The summed E-state index contributed by atoms with van der Waals surface area (Å²) in [5.74, 6) is -0.0813. The van der Waals surface area contributed by atoms with E-state index in [1.165, 1.54) is 11.8 Å². The molecule has 8 heteroatoms. The van der Waals surface area contributed by atoms with Gasteiger partial charge >= 0.3 is 0 Å². The highest BCUT2D eigenvalue weighted by Gasteiger charge is 2.22. The molecule has 7 nitrogen and oxygen atoms in total. The summed E-state index contributed by atoms with van der Waals surface area (Å²) in [6.45, 7) is 1.36. The zero-order valence-electron chi connectivity index (χ0n) is 13.6. The van der Waals surface area contributed by atoms with Crippen LogP contribution in [-0.2, 0) is 0 Å². The average molecular weight is 354 g/mol. The lowest BCUT2D eigenvalue weighted by Gasteiger charge is -2.29. The summed E-state index contributed by atoms with van der Waals surface area (Å²) >= 11 is 1.42. The van der Waals surface area contributed by atoms with Crippen molar-refractivity contribution in [1.29, 1.82) is 0 Å². The van der Waals surface area contributed by atoms with Crippen molar-refractivity contribution in [1.82, 2.24) is 24.5 Å². The SMILES string of the molecule is NC1CCN(C(=O)c2ccc(Sc3ncc4ccccn34)nn2)CC1. The van der Waals surface area contributed by atoms with Crippen LogP contribution < -0.4 is 5.73 Å². The molecule has 0 saturated carbocycles. The lowest BCUT2D eigenvalue weighted by Crippen LogP contribution is -2.43. The third kappa shape index (κ3) is 3.35. The van der Waals surface area contributed by atoms with Crippen molar-refractivity contribution in [3.63, 3.8) is 0 Å². The minimum atomic E-state index is -0.0813. The Morgan fingerprint density at radius 3 is 2.76 bits per heavy atom. The second-order valence-electron chi connectivity index (χ2n) is 6.02. The van der Waals surface area contributed by atoms with Crippen LogP contribution in [0.3, 0.4) is 0 Å². The number of imidazole rings is 1. The van der Waals surface area contributed by atoms with E-state index in [1.807, 2.05) is 41.1 Å². The minimum absolute atomic E-state index is 0.0813. The van der Waals surface area contributed by atoms with E-state index in [0.29, 0.717) is 23.8 Å². The van der Waals surface area contributed by atoms with Gasteiger partial charge in [-0.3, -0.25) is 9.20 Å². The van der Waals surface area contributed by atoms with Crippen molar-refractivity contribution >= 4 is 23.2 Å². The number of hydrogen-bond donors (Lipinski definition) is 1. The maximum atomic E-state index is 12.5. The number of piperidine rings is 1. The van der Waals surface area contributed by atoms with Gasteiger partial charge in [-0.1, -0.05) is 6.07 Å². The van der Waals surface area contributed by atoms with Crippen molar-refractivity contribution in [3.8, 4) is 0 Å². The van der Waals surface area contributed by atoms with Crippen molar-refractivity contribution in [3.05, 3.63) is 48.4 Å². The van der Waals surface area contributed by atoms with Crippen molar-refractivity contribution < 1.29 is 4.79 Å². The van der Waals surface area contributed by atoms with Crippen LogP contribution >= 0.6 is 11.8 Å². The van der Waals surface area contributed by atoms with E-state index in [2.05, 4.69) is 15.2 Å². The number of pyridine rings is 1. The lowest BCUT2D eigenvalue weighted by molar-refractivity contribution is 0.0707. The van der Waals surface area contributed by atoms with Gasteiger partial charge in [0.2, 0.25) is 0 Å². The van der Waals surface area contributed by atoms with Gasteiger partial charge in [0.25, 0.3) is 5.91 Å². The van der Waals surface area contributed by atoms with Crippen LogP contribution in [0.1, 0.15) is 23.3 Å². The molecule has 4 heterocycles. The molecule has 25 heavy (non-hydrogen) atoms. The minimum Gasteiger partial charge on any atom is -0.337 e. The summed E-state index contributed by atoms with van der Waals surface area (Å²) in [6.07, 6.45) is 5.44. The van der Waals surface area contributed by atoms with Crippen LogP contribution in [0, 0.1) is 0 Å². The highest BCUT2D eigenvalue weighted by molar-refractivity contribution is 7.99. The molecule has 0 aliphatic carbocycles. The van der Waals surface area contributed by atoms with Crippen LogP contribution in [0.4, 0.5) is 0 Å². The topological polar surface area (TPSA) is 89.4 Å². The van der Waals surface area contributed by atoms with E-state index in [0.717, 1.165) is 23.5 Å². The molecule has 1 amide bonds. The molecule has 4 rings (SSSR count). The smallest absolute Gasteiger partial charge is 0.274 e. The maximum Gasteiger partial charge on any atom is 0.274 e. The highest BCUT2D eigenvalue weighted by atomic mass is 32.2. The number of likely N-dealkylation sites (tertiary alicyclic amines) is 1. The van der Waals surface area contributed by atoms with E-state index < -0.39 is 0 Å². The predicted molar refractivity (Wildman–Crippen MR) is 94.5 cm³/mol.